The first kappa shape index (κ1) is 18.3. The van der Waals surface area contributed by atoms with Crippen molar-refractivity contribution in [1.82, 2.24) is 20.1 Å². The van der Waals surface area contributed by atoms with E-state index in [1.54, 1.807) is 23.9 Å². The number of carbonyl (C=O) groups is 1. The van der Waals surface area contributed by atoms with E-state index in [4.69, 9.17) is 12.2 Å². The third-order valence-corrected chi connectivity index (χ3v) is 3.06. The molecule has 0 saturated heterocycles. The molecule has 7 heteroatoms. The number of aryl methyl sites for hydroxylation is 1. The molecule has 0 spiro atoms. The molecule has 0 atom stereocenters. The Balaban J connectivity index is 0.00000264. The van der Waals surface area contributed by atoms with Gasteiger partial charge in [0.25, 0.3) is 5.91 Å². The van der Waals surface area contributed by atoms with Crippen LogP contribution in [0.1, 0.15) is 30.3 Å². The van der Waals surface area contributed by atoms with Gasteiger partial charge in [0, 0.05) is 31.3 Å². The molecule has 0 aliphatic carbocycles. The number of anilines is 1. The van der Waals surface area contributed by atoms with E-state index in [9.17, 15) is 4.79 Å². The number of hydrogen-bond acceptors (Lipinski definition) is 4. The smallest absolute Gasteiger partial charge is 0.272 e. The standard InChI is InChI=1S/C16H17N5O.ClH/c1-3-5-7-11-21-15-13(12(17)8-10-18-15)14(20-21)16(22)19-9-6-4-2;/h2,8,10H,6-7,9,11H2,1H3,(H2,17,18)(H,19,22);1H. The number of carbonyl (C=O) groups excluding carboxylic acids is 1. The molecule has 2 aromatic rings. The normalized spacial score (nSPS) is 9.39. The molecular weight excluding hydrogens is 314 g/mol. The minimum absolute atomic E-state index is 0. The summed E-state index contributed by atoms with van der Waals surface area (Å²) in [5.41, 5.74) is 7.31. The van der Waals surface area contributed by atoms with Crippen LogP contribution in [0.5, 0.6) is 0 Å². The molecule has 23 heavy (non-hydrogen) atoms. The molecule has 0 saturated carbocycles. The summed E-state index contributed by atoms with van der Waals surface area (Å²) >= 11 is 0. The van der Waals surface area contributed by atoms with Gasteiger partial charge in [-0.2, -0.15) is 5.10 Å². The van der Waals surface area contributed by atoms with Gasteiger partial charge >= 0.3 is 0 Å². The van der Waals surface area contributed by atoms with Crippen LogP contribution in [0.2, 0.25) is 0 Å². The first-order valence-electron chi connectivity index (χ1n) is 6.91. The van der Waals surface area contributed by atoms with Gasteiger partial charge in [0.2, 0.25) is 0 Å². The lowest BCUT2D eigenvalue weighted by Gasteiger charge is -2.01. The van der Waals surface area contributed by atoms with Crippen LogP contribution < -0.4 is 11.1 Å². The maximum Gasteiger partial charge on any atom is 0.272 e. The lowest BCUT2D eigenvalue weighted by atomic mass is 10.2. The van der Waals surface area contributed by atoms with Crippen molar-refractivity contribution < 1.29 is 4.79 Å². The molecule has 2 aromatic heterocycles. The Bertz CT molecular complexity index is 794. The number of nitrogen functional groups attached to an aromatic ring is 1. The number of amides is 1. The van der Waals surface area contributed by atoms with Gasteiger partial charge in [-0.15, -0.1) is 36.6 Å². The van der Waals surface area contributed by atoms with Crippen molar-refractivity contribution in [2.24, 2.45) is 0 Å². The number of aromatic nitrogens is 3. The van der Waals surface area contributed by atoms with Crippen LogP contribution in [-0.4, -0.2) is 27.2 Å². The summed E-state index contributed by atoms with van der Waals surface area (Å²) < 4.78 is 1.66. The third kappa shape index (κ3) is 4.15. The average molecular weight is 332 g/mol. The first-order chi connectivity index (χ1) is 10.7. The fraction of sp³-hybridized carbons (Fsp3) is 0.312. The van der Waals surface area contributed by atoms with Crippen LogP contribution in [0.4, 0.5) is 5.69 Å². The maximum absolute atomic E-state index is 12.3. The number of rotatable bonds is 5. The van der Waals surface area contributed by atoms with Gasteiger partial charge in [0.05, 0.1) is 11.9 Å². The molecular formula is C16H18ClN5O. The minimum Gasteiger partial charge on any atom is -0.398 e. The largest absolute Gasteiger partial charge is 0.398 e. The Morgan fingerprint density at radius 1 is 1.48 bits per heavy atom. The Morgan fingerprint density at radius 3 is 2.96 bits per heavy atom. The zero-order valence-corrected chi connectivity index (χ0v) is 13.6. The van der Waals surface area contributed by atoms with Gasteiger partial charge in [-0.05, 0) is 13.0 Å². The second kappa shape index (κ2) is 8.67. The summed E-state index contributed by atoms with van der Waals surface area (Å²) in [6.45, 7) is 2.72. The van der Waals surface area contributed by atoms with Crippen molar-refractivity contribution in [2.45, 2.75) is 26.3 Å². The Hall–Kier alpha value is -2.70. The first-order valence-corrected chi connectivity index (χ1v) is 6.91. The van der Waals surface area contributed by atoms with Crippen molar-refractivity contribution in [3.8, 4) is 24.2 Å². The Labute approximate surface area is 141 Å². The van der Waals surface area contributed by atoms with Crippen LogP contribution in [-0.2, 0) is 6.54 Å². The van der Waals surface area contributed by atoms with Crippen molar-refractivity contribution in [1.29, 1.82) is 0 Å². The monoisotopic (exact) mass is 331 g/mol. The zero-order valence-electron chi connectivity index (χ0n) is 12.8. The van der Waals surface area contributed by atoms with Crippen molar-refractivity contribution in [3.05, 3.63) is 18.0 Å². The summed E-state index contributed by atoms with van der Waals surface area (Å²) in [5.74, 6) is 7.96. The molecule has 0 radical (unpaired) electrons. The molecule has 3 N–H and O–H groups in total. The van der Waals surface area contributed by atoms with Gasteiger partial charge in [0.15, 0.2) is 11.3 Å². The molecule has 2 rings (SSSR count). The van der Waals surface area contributed by atoms with Gasteiger partial charge in [-0.1, -0.05) is 0 Å². The summed E-state index contributed by atoms with van der Waals surface area (Å²) in [6.07, 6.45) is 7.86. The molecule has 2 heterocycles. The number of nitrogens with two attached hydrogens (primary N) is 1. The van der Waals surface area contributed by atoms with E-state index in [0.29, 0.717) is 42.7 Å². The summed E-state index contributed by atoms with van der Waals surface area (Å²) in [7, 11) is 0. The summed E-state index contributed by atoms with van der Waals surface area (Å²) in [6, 6.07) is 1.65. The fourth-order valence-corrected chi connectivity index (χ4v) is 2.06. The average Bonchev–Trinajstić information content (AvgIpc) is 2.88. The SMILES string of the molecule is C#CCCNC(=O)c1nn(CCC#CC)c2nccc(N)c12.Cl. The fourth-order valence-electron chi connectivity index (χ4n) is 2.06. The van der Waals surface area contributed by atoms with E-state index in [1.165, 1.54) is 0 Å². The number of pyridine rings is 1. The highest BCUT2D eigenvalue weighted by atomic mass is 35.5. The van der Waals surface area contributed by atoms with Gasteiger partial charge in [-0.3, -0.25) is 4.79 Å². The van der Waals surface area contributed by atoms with Gasteiger partial charge < -0.3 is 11.1 Å². The summed E-state index contributed by atoms with van der Waals surface area (Å²) in [4.78, 5) is 16.5. The maximum atomic E-state index is 12.3. The highest BCUT2D eigenvalue weighted by molar-refractivity contribution is 6.08. The van der Waals surface area contributed by atoms with Gasteiger partial charge in [0.1, 0.15) is 0 Å². The van der Waals surface area contributed by atoms with E-state index >= 15 is 0 Å². The quantitative estimate of drug-likeness (QED) is 0.643. The molecule has 1 amide bonds. The van der Waals surface area contributed by atoms with Crippen LogP contribution in [0, 0.1) is 24.2 Å². The molecule has 0 aromatic carbocycles. The lowest BCUT2D eigenvalue weighted by Crippen LogP contribution is -2.25. The highest BCUT2D eigenvalue weighted by Crippen LogP contribution is 2.23. The molecule has 0 aliphatic rings. The Kier molecular flexibility index (Phi) is 6.92. The molecule has 0 aliphatic heterocycles. The number of fused-ring (bicyclic) bond motifs is 1. The van der Waals surface area contributed by atoms with E-state index in [2.05, 4.69) is 33.2 Å². The zero-order chi connectivity index (χ0) is 15.9. The summed E-state index contributed by atoms with van der Waals surface area (Å²) in [5, 5.41) is 7.63. The predicted octanol–water partition coefficient (Wildman–Crippen LogP) is 1.60. The van der Waals surface area contributed by atoms with Crippen molar-refractivity contribution in [2.75, 3.05) is 12.3 Å². The van der Waals surface area contributed by atoms with Crippen molar-refractivity contribution in [3.63, 3.8) is 0 Å². The minimum atomic E-state index is -0.305. The number of terminal acetylenes is 1. The molecule has 0 fully saturated rings. The van der Waals surface area contributed by atoms with E-state index < -0.39 is 0 Å². The van der Waals surface area contributed by atoms with Crippen LogP contribution in [0.25, 0.3) is 11.0 Å². The topological polar surface area (TPSA) is 85.8 Å². The second-order valence-electron chi connectivity index (χ2n) is 4.56. The van der Waals surface area contributed by atoms with Crippen LogP contribution in [0.3, 0.4) is 0 Å². The van der Waals surface area contributed by atoms with Crippen molar-refractivity contribution >= 4 is 35.0 Å². The second-order valence-corrected chi connectivity index (χ2v) is 4.56. The number of hydrogen-bond donors (Lipinski definition) is 2. The number of nitrogens with zero attached hydrogens (tertiary/aromatic N) is 3. The lowest BCUT2D eigenvalue weighted by molar-refractivity contribution is 0.0950. The van der Waals surface area contributed by atoms with E-state index in [1.807, 2.05) is 0 Å². The molecule has 0 unspecified atom stereocenters. The van der Waals surface area contributed by atoms with Crippen LogP contribution in [0.15, 0.2) is 12.3 Å². The molecule has 120 valence electrons. The van der Waals surface area contributed by atoms with Gasteiger partial charge in [-0.25, -0.2) is 9.67 Å². The predicted molar refractivity (Wildman–Crippen MR) is 93.0 cm³/mol. The molecule has 0 bridgehead atoms. The number of nitrogens with one attached hydrogen (secondary N) is 1. The number of halogens is 1. The van der Waals surface area contributed by atoms with E-state index in [0.717, 1.165) is 0 Å². The van der Waals surface area contributed by atoms with E-state index in [-0.39, 0.29) is 24.0 Å². The third-order valence-electron chi connectivity index (χ3n) is 3.06. The van der Waals surface area contributed by atoms with Crippen LogP contribution >= 0.6 is 12.4 Å². The Morgan fingerprint density at radius 2 is 2.26 bits per heavy atom. The highest BCUT2D eigenvalue weighted by Gasteiger charge is 2.19. The molecule has 6 nitrogen and oxygen atoms in total.